The molecule has 0 aromatic rings. The zero-order chi connectivity index (χ0) is 12.7. The average Bonchev–Trinajstić information content (AvgIpc) is 2.41. The summed E-state index contributed by atoms with van der Waals surface area (Å²) in [5.41, 5.74) is -0.127. The number of hydrogen-bond donors (Lipinski definition) is 2. The molecule has 17 heavy (non-hydrogen) atoms. The molecule has 0 spiro atoms. The summed E-state index contributed by atoms with van der Waals surface area (Å²) < 4.78 is 5.75. The van der Waals surface area contributed by atoms with Gasteiger partial charge in [-0.15, -0.1) is 0 Å². The fourth-order valence-corrected chi connectivity index (χ4v) is 2.30. The zero-order valence-corrected chi connectivity index (χ0v) is 11.5. The van der Waals surface area contributed by atoms with E-state index in [-0.39, 0.29) is 18.2 Å². The van der Waals surface area contributed by atoms with Crippen LogP contribution in [-0.2, 0) is 4.74 Å². The Morgan fingerprint density at radius 2 is 2.06 bits per heavy atom. The lowest BCUT2D eigenvalue weighted by molar-refractivity contribution is -0.0307. The van der Waals surface area contributed by atoms with Crippen molar-refractivity contribution in [3.8, 4) is 0 Å². The highest BCUT2D eigenvalue weighted by molar-refractivity contribution is 4.86. The summed E-state index contributed by atoms with van der Waals surface area (Å²) in [6.45, 7) is 11.4. The normalized spacial score (nSPS) is 22.9. The standard InChI is InChI=1S/C13H28N2O2/c1-4-13(5-2,11-16)14-9-12-10-15(6-3)7-8-17-12/h12,14,16H,4-11H2,1-3H3. The number of ether oxygens (including phenoxy) is 1. The lowest BCUT2D eigenvalue weighted by atomic mass is 9.93. The van der Waals surface area contributed by atoms with Gasteiger partial charge in [-0.3, -0.25) is 4.90 Å². The van der Waals surface area contributed by atoms with Crippen LogP contribution in [0.15, 0.2) is 0 Å². The summed E-state index contributed by atoms with van der Waals surface area (Å²) in [6.07, 6.45) is 2.15. The number of nitrogens with one attached hydrogen (secondary N) is 1. The van der Waals surface area contributed by atoms with Gasteiger partial charge in [0, 0.05) is 25.2 Å². The minimum absolute atomic E-state index is 0.127. The van der Waals surface area contributed by atoms with Gasteiger partial charge in [0.25, 0.3) is 0 Å². The fraction of sp³-hybridized carbons (Fsp3) is 1.00. The van der Waals surface area contributed by atoms with Crippen molar-refractivity contribution in [2.45, 2.75) is 45.3 Å². The molecule has 0 aliphatic carbocycles. The molecule has 1 saturated heterocycles. The molecule has 1 heterocycles. The second-order valence-corrected chi connectivity index (χ2v) is 4.91. The van der Waals surface area contributed by atoms with Gasteiger partial charge < -0.3 is 15.2 Å². The number of rotatable bonds is 7. The van der Waals surface area contributed by atoms with E-state index in [9.17, 15) is 5.11 Å². The Balaban J connectivity index is 2.38. The second-order valence-electron chi connectivity index (χ2n) is 4.91. The van der Waals surface area contributed by atoms with E-state index in [1.54, 1.807) is 0 Å². The number of aliphatic hydroxyl groups is 1. The summed E-state index contributed by atoms with van der Waals surface area (Å²) >= 11 is 0. The van der Waals surface area contributed by atoms with Crippen LogP contribution in [0.3, 0.4) is 0 Å². The van der Waals surface area contributed by atoms with E-state index in [2.05, 4.69) is 31.0 Å². The van der Waals surface area contributed by atoms with Gasteiger partial charge in [0.1, 0.15) is 0 Å². The summed E-state index contributed by atoms with van der Waals surface area (Å²) in [6, 6.07) is 0. The topological polar surface area (TPSA) is 44.7 Å². The molecule has 1 rings (SSSR count). The van der Waals surface area contributed by atoms with Crippen LogP contribution in [0.5, 0.6) is 0 Å². The molecule has 2 N–H and O–H groups in total. The lowest BCUT2D eigenvalue weighted by Gasteiger charge is -2.36. The highest BCUT2D eigenvalue weighted by Gasteiger charge is 2.27. The minimum atomic E-state index is -0.127. The molecule has 1 fully saturated rings. The van der Waals surface area contributed by atoms with Gasteiger partial charge in [-0.1, -0.05) is 20.8 Å². The second kappa shape index (κ2) is 7.31. The lowest BCUT2D eigenvalue weighted by Crippen LogP contribution is -2.54. The average molecular weight is 244 g/mol. The van der Waals surface area contributed by atoms with E-state index in [4.69, 9.17) is 4.74 Å². The predicted molar refractivity (Wildman–Crippen MR) is 70.3 cm³/mol. The summed E-state index contributed by atoms with van der Waals surface area (Å²) in [7, 11) is 0. The molecule has 0 amide bonds. The van der Waals surface area contributed by atoms with Crippen LogP contribution < -0.4 is 5.32 Å². The molecule has 0 aromatic heterocycles. The summed E-state index contributed by atoms with van der Waals surface area (Å²) in [4.78, 5) is 2.41. The maximum absolute atomic E-state index is 9.49. The largest absolute Gasteiger partial charge is 0.394 e. The highest BCUT2D eigenvalue weighted by atomic mass is 16.5. The molecule has 102 valence electrons. The monoisotopic (exact) mass is 244 g/mol. The smallest absolute Gasteiger partial charge is 0.0826 e. The Morgan fingerprint density at radius 3 is 2.59 bits per heavy atom. The van der Waals surface area contributed by atoms with Crippen molar-refractivity contribution in [1.29, 1.82) is 0 Å². The Hall–Kier alpha value is -0.160. The van der Waals surface area contributed by atoms with Crippen molar-refractivity contribution in [2.24, 2.45) is 0 Å². The third-order valence-corrected chi connectivity index (χ3v) is 4.03. The highest BCUT2D eigenvalue weighted by Crippen LogP contribution is 2.14. The van der Waals surface area contributed by atoms with Crippen molar-refractivity contribution < 1.29 is 9.84 Å². The Labute approximate surface area is 105 Å². The van der Waals surface area contributed by atoms with Crippen LogP contribution in [0, 0.1) is 0 Å². The van der Waals surface area contributed by atoms with Crippen molar-refractivity contribution in [3.05, 3.63) is 0 Å². The van der Waals surface area contributed by atoms with Crippen LogP contribution in [0.4, 0.5) is 0 Å². The first-order valence-electron chi connectivity index (χ1n) is 6.89. The molecule has 0 radical (unpaired) electrons. The van der Waals surface area contributed by atoms with Crippen molar-refractivity contribution in [1.82, 2.24) is 10.2 Å². The molecular formula is C13H28N2O2. The zero-order valence-electron chi connectivity index (χ0n) is 11.5. The first-order valence-corrected chi connectivity index (χ1v) is 6.89. The molecule has 4 nitrogen and oxygen atoms in total. The number of nitrogens with zero attached hydrogens (tertiary/aromatic N) is 1. The van der Waals surface area contributed by atoms with Gasteiger partial charge in [-0.2, -0.15) is 0 Å². The van der Waals surface area contributed by atoms with Crippen molar-refractivity contribution >= 4 is 0 Å². The van der Waals surface area contributed by atoms with Crippen LogP contribution in [0.1, 0.15) is 33.6 Å². The molecule has 4 heteroatoms. The summed E-state index contributed by atoms with van der Waals surface area (Å²) in [5, 5.41) is 13.0. The minimum Gasteiger partial charge on any atom is -0.394 e. The van der Waals surface area contributed by atoms with E-state index in [0.717, 1.165) is 45.6 Å². The number of likely N-dealkylation sites (N-methyl/N-ethyl adjacent to an activating group) is 1. The molecule has 1 aliphatic heterocycles. The third-order valence-electron chi connectivity index (χ3n) is 4.03. The number of aliphatic hydroxyl groups excluding tert-OH is 1. The molecular weight excluding hydrogens is 216 g/mol. The number of morpholine rings is 1. The first-order chi connectivity index (χ1) is 8.19. The maximum Gasteiger partial charge on any atom is 0.0826 e. The number of hydrogen-bond acceptors (Lipinski definition) is 4. The van der Waals surface area contributed by atoms with Gasteiger partial charge in [0.2, 0.25) is 0 Å². The van der Waals surface area contributed by atoms with E-state index in [0.29, 0.717) is 0 Å². The molecule has 1 unspecified atom stereocenters. The van der Waals surface area contributed by atoms with E-state index < -0.39 is 0 Å². The predicted octanol–water partition coefficient (Wildman–Crippen LogP) is 0.848. The third kappa shape index (κ3) is 4.21. The van der Waals surface area contributed by atoms with Gasteiger partial charge in [0.05, 0.1) is 19.3 Å². The molecule has 0 saturated carbocycles. The van der Waals surface area contributed by atoms with Crippen LogP contribution >= 0.6 is 0 Å². The Morgan fingerprint density at radius 1 is 1.35 bits per heavy atom. The SMILES string of the molecule is CCN1CCOC(CNC(CC)(CC)CO)C1. The van der Waals surface area contributed by atoms with E-state index >= 15 is 0 Å². The quantitative estimate of drug-likeness (QED) is 0.697. The fourth-order valence-electron chi connectivity index (χ4n) is 2.30. The van der Waals surface area contributed by atoms with Gasteiger partial charge >= 0.3 is 0 Å². The Kier molecular flexibility index (Phi) is 6.41. The summed E-state index contributed by atoms with van der Waals surface area (Å²) in [5.74, 6) is 0. The molecule has 1 aliphatic rings. The first kappa shape index (κ1) is 14.9. The molecule has 0 aromatic carbocycles. The van der Waals surface area contributed by atoms with Gasteiger partial charge in [0.15, 0.2) is 0 Å². The van der Waals surface area contributed by atoms with Crippen molar-refractivity contribution in [3.63, 3.8) is 0 Å². The van der Waals surface area contributed by atoms with Crippen LogP contribution in [0.2, 0.25) is 0 Å². The van der Waals surface area contributed by atoms with Crippen LogP contribution in [-0.4, -0.2) is 61.0 Å². The van der Waals surface area contributed by atoms with Gasteiger partial charge in [-0.05, 0) is 19.4 Å². The van der Waals surface area contributed by atoms with Crippen LogP contribution in [0.25, 0.3) is 0 Å². The molecule has 1 atom stereocenters. The van der Waals surface area contributed by atoms with Gasteiger partial charge in [-0.25, -0.2) is 0 Å². The van der Waals surface area contributed by atoms with E-state index in [1.165, 1.54) is 0 Å². The maximum atomic E-state index is 9.49. The molecule has 0 bridgehead atoms. The van der Waals surface area contributed by atoms with E-state index in [1.807, 2.05) is 0 Å². The Bertz CT molecular complexity index is 199. The van der Waals surface area contributed by atoms with Crippen molar-refractivity contribution in [2.75, 3.05) is 39.4 Å².